The molecule has 2 saturated heterocycles. The van der Waals surface area contributed by atoms with Crippen molar-refractivity contribution in [1.29, 1.82) is 0 Å². The van der Waals surface area contributed by atoms with E-state index in [4.69, 9.17) is 0 Å². The summed E-state index contributed by atoms with van der Waals surface area (Å²) in [5.74, 6) is 0.0414. The Morgan fingerprint density at radius 3 is 2.18 bits per heavy atom. The molecule has 1 amide bonds. The highest BCUT2D eigenvalue weighted by Gasteiger charge is 2.23. The lowest BCUT2D eigenvalue weighted by molar-refractivity contribution is -0.132. The molecule has 0 aliphatic carbocycles. The standard InChI is InChI=1S/C17H24FN3O/c18-15-4-6-16(7-5-15)20-10-12-21(13-11-20)17(22)14-19-8-2-1-3-9-19/h4-7H,1-3,8-14H2. The Morgan fingerprint density at radius 1 is 0.909 bits per heavy atom. The summed E-state index contributed by atoms with van der Waals surface area (Å²) in [6.07, 6.45) is 3.72. The Labute approximate surface area is 131 Å². The van der Waals surface area contributed by atoms with Gasteiger partial charge in [0.2, 0.25) is 5.91 Å². The summed E-state index contributed by atoms with van der Waals surface area (Å²) in [6.45, 7) is 5.82. The summed E-state index contributed by atoms with van der Waals surface area (Å²) >= 11 is 0. The van der Waals surface area contributed by atoms with Crippen molar-refractivity contribution in [1.82, 2.24) is 9.80 Å². The summed E-state index contributed by atoms with van der Waals surface area (Å²) in [4.78, 5) is 18.8. The number of amides is 1. The number of piperidine rings is 1. The van der Waals surface area contributed by atoms with E-state index in [-0.39, 0.29) is 11.7 Å². The van der Waals surface area contributed by atoms with Crippen molar-refractivity contribution in [2.45, 2.75) is 19.3 Å². The molecule has 0 bridgehead atoms. The van der Waals surface area contributed by atoms with Crippen LogP contribution in [0.1, 0.15) is 19.3 Å². The average molecular weight is 305 g/mol. The van der Waals surface area contributed by atoms with Gasteiger partial charge in [0.25, 0.3) is 0 Å². The fourth-order valence-corrected chi connectivity index (χ4v) is 3.27. The molecule has 0 N–H and O–H groups in total. The zero-order chi connectivity index (χ0) is 15.4. The molecule has 0 unspecified atom stereocenters. The molecule has 5 heteroatoms. The first-order valence-electron chi connectivity index (χ1n) is 8.23. The lowest BCUT2D eigenvalue weighted by Gasteiger charge is -2.37. The van der Waals surface area contributed by atoms with E-state index < -0.39 is 0 Å². The van der Waals surface area contributed by atoms with Crippen LogP contribution in [0.25, 0.3) is 0 Å². The Kier molecular flexibility index (Phi) is 4.93. The van der Waals surface area contributed by atoms with Crippen molar-refractivity contribution in [2.75, 3.05) is 50.7 Å². The average Bonchev–Trinajstić information content (AvgIpc) is 2.57. The monoisotopic (exact) mass is 305 g/mol. The normalized spacial score (nSPS) is 20.2. The number of nitrogens with zero attached hydrogens (tertiary/aromatic N) is 3. The van der Waals surface area contributed by atoms with Crippen molar-refractivity contribution in [3.8, 4) is 0 Å². The van der Waals surface area contributed by atoms with Crippen LogP contribution in [0.2, 0.25) is 0 Å². The van der Waals surface area contributed by atoms with Crippen LogP contribution in [-0.4, -0.2) is 61.5 Å². The number of halogens is 1. The van der Waals surface area contributed by atoms with Gasteiger partial charge in [0, 0.05) is 31.9 Å². The number of benzene rings is 1. The quantitative estimate of drug-likeness (QED) is 0.854. The molecule has 0 radical (unpaired) electrons. The number of hydrogen-bond acceptors (Lipinski definition) is 3. The number of carbonyl (C=O) groups excluding carboxylic acids is 1. The Hall–Kier alpha value is -1.62. The zero-order valence-corrected chi connectivity index (χ0v) is 13.0. The lowest BCUT2D eigenvalue weighted by atomic mass is 10.1. The van der Waals surface area contributed by atoms with E-state index in [1.54, 1.807) is 12.1 Å². The third kappa shape index (κ3) is 3.77. The molecule has 0 aromatic heterocycles. The number of rotatable bonds is 3. The number of likely N-dealkylation sites (tertiary alicyclic amines) is 1. The van der Waals surface area contributed by atoms with E-state index in [2.05, 4.69) is 9.80 Å². The van der Waals surface area contributed by atoms with Crippen molar-refractivity contribution in [3.05, 3.63) is 30.1 Å². The van der Waals surface area contributed by atoms with Crippen molar-refractivity contribution < 1.29 is 9.18 Å². The molecule has 0 spiro atoms. The van der Waals surface area contributed by atoms with Gasteiger partial charge in [-0.3, -0.25) is 9.69 Å². The maximum Gasteiger partial charge on any atom is 0.236 e. The van der Waals surface area contributed by atoms with Gasteiger partial charge in [0.1, 0.15) is 5.82 Å². The molecule has 120 valence electrons. The van der Waals surface area contributed by atoms with Gasteiger partial charge < -0.3 is 9.80 Å². The van der Waals surface area contributed by atoms with Gasteiger partial charge in [-0.1, -0.05) is 6.42 Å². The largest absolute Gasteiger partial charge is 0.368 e. The highest BCUT2D eigenvalue weighted by atomic mass is 19.1. The third-order valence-corrected chi connectivity index (χ3v) is 4.63. The van der Waals surface area contributed by atoms with Crippen molar-refractivity contribution >= 4 is 11.6 Å². The second kappa shape index (κ2) is 7.09. The molecule has 2 heterocycles. The minimum absolute atomic E-state index is 0.209. The fourth-order valence-electron chi connectivity index (χ4n) is 3.27. The lowest BCUT2D eigenvalue weighted by Crippen LogP contribution is -2.51. The molecular formula is C17H24FN3O. The van der Waals surface area contributed by atoms with Crippen LogP contribution >= 0.6 is 0 Å². The maximum absolute atomic E-state index is 13.0. The minimum atomic E-state index is -0.209. The molecule has 1 aromatic carbocycles. The van der Waals surface area contributed by atoms with Gasteiger partial charge >= 0.3 is 0 Å². The van der Waals surface area contributed by atoms with E-state index in [1.165, 1.54) is 31.4 Å². The molecule has 2 fully saturated rings. The summed E-state index contributed by atoms with van der Waals surface area (Å²) in [5, 5.41) is 0. The molecule has 2 aliphatic rings. The second-order valence-electron chi connectivity index (χ2n) is 6.18. The first-order chi connectivity index (χ1) is 10.7. The Bertz CT molecular complexity index is 491. The van der Waals surface area contributed by atoms with E-state index >= 15 is 0 Å². The highest BCUT2D eigenvalue weighted by Crippen LogP contribution is 2.17. The SMILES string of the molecule is O=C(CN1CCCCC1)N1CCN(c2ccc(F)cc2)CC1. The number of hydrogen-bond donors (Lipinski definition) is 0. The Balaban J connectivity index is 1.48. The van der Waals surface area contributed by atoms with Gasteiger partial charge in [-0.05, 0) is 50.2 Å². The topological polar surface area (TPSA) is 26.8 Å². The van der Waals surface area contributed by atoms with E-state index in [0.717, 1.165) is 45.0 Å². The van der Waals surface area contributed by atoms with Crippen LogP contribution in [0.15, 0.2) is 24.3 Å². The Morgan fingerprint density at radius 2 is 1.55 bits per heavy atom. The van der Waals surface area contributed by atoms with Crippen LogP contribution in [0, 0.1) is 5.82 Å². The molecule has 0 saturated carbocycles. The summed E-state index contributed by atoms with van der Waals surface area (Å²) in [6, 6.07) is 6.59. The van der Waals surface area contributed by atoms with Crippen LogP contribution in [0.4, 0.5) is 10.1 Å². The number of anilines is 1. The van der Waals surface area contributed by atoms with Crippen LogP contribution < -0.4 is 4.90 Å². The number of carbonyl (C=O) groups is 1. The summed E-state index contributed by atoms with van der Waals surface area (Å²) in [5.41, 5.74) is 1.03. The molecule has 3 rings (SSSR count). The first-order valence-corrected chi connectivity index (χ1v) is 8.23. The molecule has 2 aliphatic heterocycles. The maximum atomic E-state index is 13.0. The van der Waals surface area contributed by atoms with Crippen molar-refractivity contribution in [2.24, 2.45) is 0 Å². The summed E-state index contributed by atoms with van der Waals surface area (Å²) in [7, 11) is 0. The number of piperazine rings is 1. The van der Waals surface area contributed by atoms with Crippen LogP contribution in [-0.2, 0) is 4.79 Å². The molecule has 22 heavy (non-hydrogen) atoms. The predicted octanol–water partition coefficient (Wildman–Crippen LogP) is 1.96. The van der Waals surface area contributed by atoms with Gasteiger partial charge in [-0.2, -0.15) is 0 Å². The zero-order valence-electron chi connectivity index (χ0n) is 13.0. The minimum Gasteiger partial charge on any atom is -0.368 e. The predicted molar refractivity (Wildman–Crippen MR) is 85.5 cm³/mol. The molecule has 0 atom stereocenters. The summed E-state index contributed by atoms with van der Waals surface area (Å²) < 4.78 is 13.0. The smallest absolute Gasteiger partial charge is 0.236 e. The van der Waals surface area contributed by atoms with Crippen LogP contribution in [0.3, 0.4) is 0 Å². The van der Waals surface area contributed by atoms with E-state index in [0.29, 0.717) is 6.54 Å². The molecular weight excluding hydrogens is 281 g/mol. The second-order valence-corrected chi connectivity index (χ2v) is 6.18. The van der Waals surface area contributed by atoms with E-state index in [9.17, 15) is 9.18 Å². The molecule has 1 aromatic rings. The molecule has 4 nitrogen and oxygen atoms in total. The van der Waals surface area contributed by atoms with Crippen molar-refractivity contribution in [3.63, 3.8) is 0 Å². The fraction of sp³-hybridized carbons (Fsp3) is 0.588. The highest BCUT2D eigenvalue weighted by molar-refractivity contribution is 5.78. The van der Waals surface area contributed by atoms with E-state index in [1.807, 2.05) is 4.90 Å². The van der Waals surface area contributed by atoms with Gasteiger partial charge in [-0.15, -0.1) is 0 Å². The first kappa shape index (κ1) is 15.3. The third-order valence-electron chi connectivity index (χ3n) is 4.63. The van der Waals surface area contributed by atoms with Gasteiger partial charge in [0.05, 0.1) is 6.54 Å². The van der Waals surface area contributed by atoms with Crippen LogP contribution in [0.5, 0.6) is 0 Å². The van der Waals surface area contributed by atoms with Gasteiger partial charge in [0.15, 0.2) is 0 Å². The van der Waals surface area contributed by atoms with Gasteiger partial charge in [-0.25, -0.2) is 4.39 Å².